The number of ketones is 1. The van der Waals surface area contributed by atoms with Crippen LogP contribution in [0.25, 0.3) is 0 Å². The van der Waals surface area contributed by atoms with E-state index in [4.69, 9.17) is 9.47 Å². The molecule has 0 bridgehead atoms. The van der Waals surface area contributed by atoms with Crippen LogP contribution in [0.5, 0.6) is 0 Å². The van der Waals surface area contributed by atoms with Gasteiger partial charge in [-0.3, -0.25) is 0 Å². The van der Waals surface area contributed by atoms with Crippen LogP contribution in [0, 0.1) is 17.3 Å². The summed E-state index contributed by atoms with van der Waals surface area (Å²) >= 11 is 0. The Bertz CT molecular complexity index is 479. The molecule has 8 unspecified atom stereocenters. The van der Waals surface area contributed by atoms with Crippen LogP contribution < -0.4 is 0 Å². The molecule has 26 heavy (non-hydrogen) atoms. The summed E-state index contributed by atoms with van der Waals surface area (Å²) in [5.74, 6) is 0.946. The largest absolute Gasteiger partial charge is 0.394 e. The van der Waals surface area contributed by atoms with Crippen LogP contribution in [0.1, 0.15) is 53.4 Å². The van der Waals surface area contributed by atoms with Crippen LogP contribution in [0.15, 0.2) is 0 Å². The number of hydrogen-bond acceptors (Lipinski definition) is 7. The van der Waals surface area contributed by atoms with Crippen LogP contribution >= 0.6 is 0 Å². The molecule has 0 amide bonds. The second-order valence-corrected chi connectivity index (χ2v) is 8.71. The average Bonchev–Trinajstić information content (AvgIpc) is 2.53. The van der Waals surface area contributed by atoms with Gasteiger partial charge >= 0.3 is 0 Å². The number of carbonyl (C=O) groups is 1. The molecule has 0 aromatic carbocycles. The van der Waals surface area contributed by atoms with Gasteiger partial charge in [-0.2, -0.15) is 0 Å². The topological polar surface area (TPSA) is 116 Å². The maximum absolute atomic E-state index is 11.4. The Kier molecular flexibility index (Phi) is 7.21. The molecule has 1 saturated carbocycles. The van der Waals surface area contributed by atoms with Crippen LogP contribution in [-0.4, -0.2) is 69.6 Å². The number of hydrogen-bond donors (Lipinski definition) is 4. The molecule has 1 aliphatic carbocycles. The highest BCUT2D eigenvalue weighted by Crippen LogP contribution is 2.47. The number of carbonyl (C=O) groups excluding carboxylic acids is 1. The zero-order valence-electron chi connectivity index (χ0n) is 16.2. The predicted molar refractivity (Wildman–Crippen MR) is 94.2 cm³/mol. The lowest BCUT2D eigenvalue weighted by Crippen LogP contribution is -2.60. The lowest BCUT2D eigenvalue weighted by atomic mass is 9.61. The molecule has 2 rings (SSSR count). The van der Waals surface area contributed by atoms with Gasteiger partial charge in [-0.15, -0.1) is 0 Å². The monoisotopic (exact) mass is 374 g/mol. The maximum atomic E-state index is 11.4. The fourth-order valence-electron chi connectivity index (χ4n) is 4.68. The Balaban J connectivity index is 2.01. The van der Waals surface area contributed by atoms with Crippen molar-refractivity contribution in [1.82, 2.24) is 0 Å². The lowest BCUT2D eigenvalue weighted by Gasteiger charge is -2.48. The van der Waals surface area contributed by atoms with Crippen molar-refractivity contribution in [3.05, 3.63) is 0 Å². The van der Waals surface area contributed by atoms with Gasteiger partial charge < -0.3 is 34.7 Å². The third-order valence-electron chi connectivity index (χ3n) is 6.06. The van der Waals surface area contributed by atoms with Gasteiger partial charge in [-0.1, -0.05) is 20.8 Å². The molecular weight excluding hydrogens is 340 g/mol. The van der Waals surface area contributed by atoms with Gasteiger partial charge in [0.2, 0.25) is 0 Å². The minimum Gasteiger partial charge on any atom is -0.394 e. The second kappa shape index (κ2) is 8.63. The molecule has 0 aromatic rings. The first-order valence-corrected chi connectivity index (χ1v) is 9.52. The summed E-state index contributed by atoms with van der Waals surface area (Å²) in [6.45, 7) is 7.62. The van der Waals surface area contributed by atoms with Crippen molar-refractivity contribution in [2.45, 2.75) is 90.2 Å². The number of rotatable bonds is 6. The molecule has 152 valence electrons. The van der Waals surface area contributed by atoms with E-state index < -0.39 is 37.3 Å². The van der Waals surface area contributed by atoms with Crippen LogP contribution in [0.4, 0.5) is 0 Å². The van der Waals surface area contributed by atoms with Crippen molar-refractivity contribution in [3.8, 4) is 0 Å². The molecular formula is C19H34O7. The fourth-order valence-corrected chi connectivity index (χ4v) is 4.68. The Morgan fingerprint density at radius 2 is 1.85 bits per heavy atom. The third kappa shape index (κ3) is 4.82. The minimum absolute atomic E-state index is 0.0358. The predicted octanol–water partition coefficient (Wildman–Crippen LogP) is 0.613. The highest BCUT2D eigenvalue weighted by Gasteiger charge is 2.47. The van der Waals surface area contributed by atoms with Crippen molar-refractivity contribution >= 4 is 5.78 Å². The zero-order valence-corrected chi connectivity index (χ0v) is 16.2. The molecule has 4 N–H and O–H groups in total. The lowest BCUT2D eigenvalue weighted by molar-refractivity contribution is -0.316. The first-order chi connectivity index (χ1) is 12.1. The molecule has 1 aliphatic heterocycles. The Morgan fingerprint density at radius 3 is 2.38 bits per heavy atom. The fraction of sp³-hybridized carbons (Fsp3) is 0.947. The molecule has 1 saturated heterocycles. The molecule has 7 heteroatoms. The van der Waals surface area contributed by atoms with E-state index >= 15 is 0 Å². The molecule has 2 fully saturated rings. The van der Waals surface area contributed by atoms with E-state index in [1.807, 2.05) is 0 Å². The Morgan fingerprint density at radius 1 is 1.19 bits per heavy atom. The van der Waals surface area contributed by atoms with Crippen molar-refractivity contribution in [2.24, 2.45) is 17.3 Å². The number of aliphatic hydroxyl groups is 4. The van der Waals surface area contributed by atoms with E-state index in [1.54, 1.807) is 6.92 Å². The summed E-state index contributed by atoms with van der Waals surface area (Å²) in [6, 6.07) is 0. The first-order valence-electron chi connectivity index (χ1n) is 9.52. The zero-order chi connectivity index (χ0) is 19.6. The summed E-state index contributed by atoms with van der Waals surface area (Å²) in [7, 11) is 0. The van der Waals surface area contributed by atoms with Gasteiger partial charge in [-0.05, 0) is 43.4 Å². The summed E-state index contributed by atoms with van der Waals surface area (Å²) < 4.78 is 11.4. The van der Waals surface area contributed by atoms with E-state index in [9.17, 15) is 25.2 Å². The third-order valence-corrected chi connectivity index (χ3v) is 6.06. The summed E-state index contributed by atoms with van der Waals surface area (Å²) in [6.07, 6.45) is -3.46. The first kappa shape index (κ1) is 21.7. The smallest absolute Gasteiger partial charge is 0.186 e. The van der Waals surface area contributed by atoms with E-state index in [1.165, 1.54) is 0 Å². The molecule has 8 atom stereocenters. The summed E-state index contributed by atoms with van der Waals surface area (Å²) in [4.78, 5) is 11.4. The van der Waals surface area contributed by atoms with E-state index in [0.717, 1.165) is 19.3 Å². The number of aliphatic hydroxyl groups excluding tert-OH is 4. The quantitative estimate of drug-likeness (QED) is 0.538. The van der Waals surface area contributed by atoms with Gasteiger partial charge in [0, 0.05) is 6.42 Å². The molecule has 7 nitrogen and oxygen atoms in total. The summed E-state index contributed by atoms with van der Waals surface area (Å²) in [5, 5.41) is 39.2. The Labute approximate surface area is 155 Å². The minimum atomic E-state index is -1.43. The van der Waals surface area contributed by atoms with Crippen LogP contribution in [-0.2, 0) is 14.3 Å². The van der Waals surface area contributed by atoms with Crippen molar-refractivity contribution in [1.29, 1.82) is 0 Å². The summed E-state index contributed by atoms with van der Waals surface area (Å²) in [5.41, 5.74) is -0.0358. The standard InChI is InChI=1S/C19H34O7/c1-10-7-12(8-19(3,4)13(10)6-5-11(2)21)25-18-17(24)16(23)15(22)14(9-20)26-18/h10,12-18,20,22-24H,5-9H2,1-4H3. The molecule has 0 aromatic heterocycles. The van der Waals surface area contributed by atoms with Crippen molar-refractivity contribution in [2.75, 3.05) is 6.61 Å². The molecule has 2 aliphatic rings. The molecule has 1 heterocycles. The van der Waals surface area contributed by atoms with Crippen LogP contribution in [0.2, 0.25) is 0 Å². The van der Waals surface area contributed by atoms with Crippen molar-refractivity contribution < 1.29 is 34.7 Å². The average molecular weight is 374 g/mol. The van der Waals surface area contributed by atoms with Gasteiger partial charge in [0.25, 0.3) is 0 Å². The van der Waals surface area contributed by atoms with E-state index in [-0.39, 0.29) is 17.3 Å². The van der Waals surface area contributed by atoms with E-state index in [2.05, 4.69) is 20.8 Å². The van der Waals surface area contributed by atoms with E-state index in [0.29, 0.717) is 18.3 Å². The normalized spacial score (nSPS) is 43.2. The highest BCUT2D eigenvalue weighted by molar-refractivity contribution is 5.75. The van der Waals surface area contributed by atoms with Gasteiger partial charge in [0.15, 0.2) is 6.29 Å². The van der Waals surface area contributed by atoms with Crippen LogP contribution in [0.3, 0.4) is 0 Å². The molecule has 0 spiro atoms. The maximum Gasteiger partial charge on any atom is 0.186 e. The second-order valence-electron chi connectivity index (χ2n) is 8.71. The highest BCUT2D eigenvalue weighted by atomic mass is 16.7. The molecule has 0 radical (unpaired) electrons. The SMILES string of the molecule is CC(=O)CCC1C(C)CC(OC2OC(CO)C(O)C(O)C2O)CC1(C)C. The number of Topliss-reactive ketones (excluding diaryl/α,β-unsaturated/α-hetero) is 1. The van der Waals surface area contributed by atoms with Gasteiger partial charge in [0.1, 0.15) is 30.2 Å². The van der Waals surface area contributed by atoms with Gasteiger partial charge in [0.05, 0.1) is 12.7 Å². The Hall–Kier alpha value is -0.570. The number of ether oxygens (including phenoxy) is 2. The van der Waals surface area contributed by atoms with Gasteiger partial charge in [-0.25, -0.2) is 0 Å². The van der Waals surface area contributed by atoms with Crippen molar-refractivity contribution in [3.63, 3.8) is 0 Å².